The Morgan fingerprint density at radius 1 is 1.03 bits per heavy atom. The number of aromatic nitrogens is 3. The first-order valence-electron chi connectivity index (χ1n) is 11.5. The van der Waals surface area contributed by atoms with Crippen molar-refractivity contribution in [1.82, 2.24) is 19.9 Å². The van der Waals surface area contributed by atoms with E-state index in [4.69, 9.17) is 17.2 Å². The quantitative estimate of drug-likeness (QED) is 0.299. The van der Waals surface area contributed by atoms with Gasteiger partial charge in [-0.05, 0) is 72.9 Å². The van der Waals surface area contributed by atoms with E-state index < -0.39 is 0 Å². The summed E-state index contributed by atoms with van der Waals surface area (Å²) in [6.07, 6.45) is 3.84. The van der Waals surface area contributed by atoms with Crippen molar-refractivity contribution in [3.05, 3.63) is 103 Å². The molecule has 5 aromatic rings. The number of fused-ring (bicyclic) bond motifs is 1. The van der Waals surface area contributed by atoms with Gasteiger partial charge in [0.2, 0.25) is 5.91 Å². The van der Waals surface area contributed by atoms with Crippen LogP contribution in [-0.4, -0.2) is 25.6 Å². The van der Waals surface area contributed by atoms with Gasteiger partial charge < -0.3 is 15.5 Å². The maximum Gasteiger partial charge on any atom is 0.221 e. The van der Waals surface area contributed by atoms with Crippen molar-refractivity contribution in [2.75, 3.05) is 10.2 Å². The molecule has 1 aliphatic rings. The maximum absolute atomic E-state index is 11.5. The average molecular weight is 511 g/mol. The standard InChI is InChI=1S/C27H22N6OS2/c1-17(34)29-18-11-13-19(14-12-18)33-25(24(31-26(33)35)21-8-4-5-15-28-21)22-9-6-16-32(22)27-30-20-7-2-3-10-23(20)36-27/h2-16,24-25H,1H3,(H,29,34)(H,31,35). The Hall–Kier alpha value is -4.08. The molecule has 2 aromatic carbocycles. The lowest BCUT2D eigenvalue weighted by atomic mass is 10.0. The van der Waals surface area contributed by atoms with Crippen LogP contribution in [0, 0.1) is 0 Å². The lowest BCUT2D eigenvalue weighted by Gasteiger charge is -2.28. The second-order valence-corrected chi connectivity index (χ2v) is 9.89. The SMILES string of the molecule is CC(=O)Nc1ccc(N2C(=S)NC(c3ccccn3)C2c2cccn2-c2nc3ccccc3s2)cc1. The summed E-state index contributed by atoms with van der Waals surface area (Å²) in [5.41, 5.74) is 4.58. The number of nitrogens with zero attached hydrogens (tertiary/aromatic N) is 4. The Kier molecular flexibility index (Phi) is 5.71. The average Bonchev–Trinajstić information content (AvgIpc) is 3.61. The summed E-state index contributed by atoms with van der Waals surface area (Å²) in [4.78, 5) is 23.1. The van der Waals surface area contributed by atoms with E-state index in [1.807, 2.05) is 72.9 Å². The number of hydrogen-bond acceptors (Lipinski definition) is 5. The third-order valence-electron chi connectivity index (χ3n) is 6.14. The van der Waals surface area contributed by atoms with Crippen LogP contribution in [0.3, 0.4) is 0 Å². The molecule has 0 spiro atoms. The van der Waals surface area contributed by atoms with E-state index in [-0.39, 0.29) is 18.0 Å². The fraction of sp³-hybridized carbons (Fsp3) is 0.111. The summed E-state index contributed by atoms with van der Waals surface area (Å²) in [7, 11) is 0. The van der Waals surface area contributed by atoms with Crippen molar-refractivity contribution in [2.24, 2.45) is 0 Å². The van der Waals surface area contributed by atoms with Gasteiger partial charge in [-0.15, -0.1) is 0 Å². The molecule has 1 fully saturated rings. The molecule has 9 heteroatoms. The number of thiazole rings is 1. The van der Waals surface area contributed by atoms with E-state index in [1.165, 1.54) is 6.92 Å². The number of benzene rings is 2. The van der Waals surface area contributed by atoms with Gasteiger partial charge in [-0.2, -0.15) is 0 Å². The Morgan fingerprint density at radius 3 is 2.58 bits per heavy atom. The summed E-state index contributed by atoms with van der Waals surface area (Å²) >= 11 is 7.52. The number of nitrogens with one attached hydrogen (secondary N) is 2. The molecule has 7 nitrogen and oxygen atoms in total. The molecule has 0 aliphatic carbocycles. The number of para-hydroxylation sites is 1. The smallest absolute Gasteiger partial charge is 0.221 e. The maximum atomic E-state index is 11.5. The third-order valence-corrected chi connectivity index (χ3v) is 7.49. The van der Waals surface area contributed by atoms with E-state index in [2.05, 4.69) is 37.2 Å². The van der Waals surface area contributed by atoms with Crippen LogP contribution >= 0.6 is 23.6 Å². The van der Waals surface area contributed by atoms with Crippen LogP contribution in [-0.2, 0) is 4.79 Å². The van der Waals surface area contributed by atoms with Gasteiger partial charge >= 0.3 is 0 Å². The van der Waals surface area contributed by atoms with Gasteiger partial charge in [0.05, 0.1) is 27.6 Å². The fourth-order valence-corrected chi connectivity index (χ4v) is 5.93. The van der Waals surface area contributed by atoms with Gasteiger partial charge in [-0.25, -0.2) is 4.98 Å². The van der Waals surface area contributed by atoms with Gasteiger partial charge in [0.15, 0.2) is 10.2 Å². The first-order valence-corrected chi connectivity index (χ1v) is 12.7. The number of anilines is 2. The van der Waals surface area contributed by atoms with E-state index in [0.717, 1.165) is 38.1 Å². The highest BCUT2D eigenvalue weighted by molar-refractivity contribution is 7.80. The monoisotopic (exact) mass is 510 g/mol. The number of carbonyl (C=O) groups is 1. The Morgan fingerprint density at radius 2 is 1.83 bits per heavy atom. The summed E-state index contributed by atoms with van der Waals surface area (Å²) < 4.78 is 3.28. The molecule has 36 heavy (non-hydrogen) atoms. The molecule has 0 radical (unpaired) electrons. The highest BCUT2D eigenvalue weighted by atomic mass is 32.1. The molecule has 3 aromatic heterocycles. The zero-order chi connectivity index (χ0) is 24.6. The summed E-state index contributed by atoms with van der Waals surface area (Å²) in [5, 5.41) is 7.84. The summed E-state index contributed by atoms with van der Waals surface area (Å²) in [6, 6.07) is 25.6. The lowest BCUT2D eigenvalue weighted by Crippen LogP contribution is -2.30. The molecule has 6 rings (SSSR count). The van der Waals surface area contributed by atoms with E-state index in [1.54, 1.807) is 17.5 Å². The van der Waals surface area contributed by atoms with Crippen LogP contribution in [0.4, 0.5) is 11.4 Å². The van der Waals surface area contributed by atoms with Crippen LogP contribution in [0.2, 0.25) is 0 Å². The number of rotatable bonds is 5. The molecule has 0 bridgehead atoms. The molecule has 1 saturated heterocycles. The number of carbonyl (C=O) groups excluding carboxylic acids is 1. The third kappa shape index (κ3) is 4.02. The first-order chi connectivity index (χ1) is 17.6. The van der Waals surface area contributed by atoms with Crippen molar-refractivity contribution in [3.63, 3.8) is 0 Å². The number of amides is 1. The molecule has 2 N–H and O–H groups in total. The van der Waals surface area contributed by atoms with E-state index in [9.17, 15) is 4.79 Å². The molecule has 2 atom stereocenters. The minimum Gasteiger partial charge on any atom is -0.351 e. The summed E-state index contributed by atoms with van der Waals surface area (Å²) in [5.74, 6) is -0.108. The van der Waals surface area contributed by atoms with Crippen molar-refractivity contribution >= 4 is 56.2 Å². The number of thiocarbonyl (C=S) groups is 1. The minimum atomic E-state index is -0.180. The fourth-order valence-electron chi connectivity index (χ4n) is 4.61. The second kappa shape index (κ2) is 9.18. The van der Waals surface area contributed by atoms with Crippen LogP contribution in [0.1, 0.15) is 30.4 Å². The molecule has 4 heterocycles. The van der Waals surface area contributed by atoms with Gasteiger partial charge in [-0.3, -0.25) is 14.3 Å². The molecular weight excluding hydrogens is 488 g/mol. The van der Waals surface area contributed by atoms with Crippen molar-refractivity contribution in [1.29, 1.82) is 0 Å². The highest BCUT2D eigenvalue weighted by Gasteiger charge is 2.42. The predicted octanol–water partition coefficient (Wildman–Crippen LogP) is 5.62. The van der Waals surface area contributed by atoms with E-state index >= 15 is 0 Å². The lowest BCUT2D eigenvalue weighted by molar-refractivity contribution is -0.114. The molecule has 2 unspecified atom stereocenters. The summed E-state index contributed by atoms with van der Waals surface area (Å²) in [6.45, 7) is 1.50. The van der Waals surface area contributed by atoms with Gasteiger partial charge in [0, 0.05) is 30.7 Å². The Balaban J connectivity index is 1.47. The van der Waals surface area contributed by atoms with Crippen molar-refractivity contribution in [3.8, 4) is 5.13 Å². The number of pyridine rings is 1. The van der Waals surface area contributed by atoms with Crippen molar-refractivity contribution in [2.45, 2.75) is 19.0 Å². The van der Waals surface area contributed by atoms with Crippen LogP contribution in [0.25, 0.3) is 15.3 Å². The predicted molar refractivity (Wildman–Crippen MR) is 148 cm³/mol. The van der Waals surface area contributed by atoms with Crippen molar-refractivity contribution < 1.29 is 4.79 Å². The minimum absolute atomic E-state index is 0.108. The van der Waals surface area contributed by atoms with Gasteiger partial charge in [0.1, 0.15) is 6.04 Å². The molecule has 1 aliphatic heterocycles. The molecule has 178 valence electrons. The molecular formula is C27H22N6OS2. The molecule has 1 amide bonds. The van der Waals surface area contributed by atoms with Gasteiger partial charge in [0.25, 0.3) is 0 Å². The second-order valence-electron chi connectivity index (χ2n) is 8.49. The largest absolute Gasteiger partial charge is 0.351 e. The first kappa shape index (κ1) is 22.4. The Labute approximate surface area is 217 Å². The molecule has 0 saturated carbocycles. The Bertz CT molecular complexity index is 1530. The van der Waals surface area contributed by atoms with Crippen LogP contribution < -0.4 is 15.5 Å². The zero-order valence-corrected chi connectivity index (χ0v) is 21.0. The van der Waals surface area contributed by atoms with Gasteiger partial charge in [-0.1, -0.05) is 29.5 Å². The normalized spacial score (nSPS) is 17.4. The highest BCUT2D eigenvalue weighted by Crippen LogP contribution is 2.43. The number of hydrogen-bond donors (Lipinski definition) is 2. The van der Waals surface area contributed by atoms with E-state index in [0.29, 0.717) is 5.11 Å². The zero-order valence-electron chi connectivity index (χ0n) is 19.3. The topological polar surface area (TPSA) is 75.1 Å². The van der Waals surface area contributed by atoms with Crippen LogP contribution in [0.15, 0.2) is 91.3 Å². The van der Waals surface area contributed by atoms with Crippen LogP contribution in [0.5, 0.6) is 0 Å².